The largest absolute Gasteiger partial charge is 0.489 e. The minimum atomic E-state index is -4.04. The fourth-order valence-corrected chi connectivity index (χ4v) is 4.65. The Hall–Kier alpha value is -3.38. The summed E-state index contributed by atoms with van der Waals surface area (Å²) in [7, 11) is -5.16. The molecule has 0 radical (unpaired) electrons. The van der Waals surface area contributed by atoms with Gasteiger partial charge in [-0.1, -0.05) is 17.7 Å². The Labute approximate surface area is 180 Å². The molecule has 0 saturated carbocycles. The molecule has 0 fully saturated rings. The predicted molar refractivity (Wildman–Crippen MR) is 114 cm³/mol. The number of aryl methyl sites for hydroxylation is 1. The van der Waals surface area contributed by atoms with Crippen molar-refractivity contribution in [3.8, 4) is 11.6 Å². The topological polar surface area (TPSA) is 137 Å². The van der Waals surface area contributed by atoms with Gasteiger partial charge >= 0.3 is 0 Å². The maximum Gasteiger partial charge on any atom is 0.263 e. The van der Waals surface area contributed by atoms with E-state index in [-0.39, 0.29) is 32.9 Å². The lowest BCUT2D eigenvalue weighted by molar-refractivity contribution is 0.342. The zero-order valence-corrected chi connectivity index (χ0v) is 18.5. The van der Waals surface area contributed by atoms with Crippen molar-refractivity contribution in [2.45, 2.75) is 16.7 Å². The monoisotopic (exact) mass is 464 g/mol. The summed E-state index contributed by atoms with van der Waals surface area (Å²) in [6, 6.07) is 11.6. The molecule has 164 valence electrons. The number of benzene rings is 2. The minimum absolute atomic E-state index is 0.0241. The van der Waals surface area contributed by atoms with E-state index in [1.165, 1.54) is 50.6 Å². The van der Waals surface area contributed by atoms with Crippen LogP contribution in [0.15, 0.2) is 64.6 Å². The first-order valence-electron chi connectivity index (χ1n) is 8.81. The number of aromatic nitrogens is 2. The van der Waals surface area contributed by atoms with E-state index in [1.54, 1.807) is 12.1 Å². The zero-order chi connectivity index (χ0) is 22.6. The van der Waals surface area contributed by atoms with Crippen LogP contribution in [0, 0.1) is 6.92 Å². The quantitative estimate of drug-likeness (QED) is 0.519. The maximum atomic E-state index is 12.7. The summed E-state index contributed by atoms with van der Waals surface area (Å²) in [4.78, 5) is 7.72. The fourth-order valence-electron chi connectivity index (χ4n) is 2.58. The highest BCUT2D eigenvalue weighted by molar-refractivity contribution is 7.93. The van der Waals surface area contributed by atoms with Gasteiger partial charge in [0.15, 0.2) is 5.82 Å². The van der Waals surface area contributed by atoms with Crippen molar-refractivity contribution < 1.29 is 26.3 Å². The van der Waals surface area contributed by atoms with Crippen molar-refractivity contribution in [2.24, 2.45) is 0 Å². The molecule has 0 amide bonds. The molecule has 12 heteroatoms. The lowest BCUT2D eigenvalue weighted by Gasteiger charge is -2.13. The Balaban J connectivity index is 1.81. The summed E-state index contributed by atoms with van der Waals surface area (Å²) in [5.74, 6) is -0.00869. The van der Waals surface area contributed by atoms with Crippen LogP contribution < -0.4 is 18.9 Å². The van der Waals surface area contributed by atoms with Crippen molar-refractivity contribution >= 4 is 31.6 Å². The Morgan fingerprint density at radius 2 is 1.29 bits per heavy atom. The third kappa shape index (κ3) is 5.03. The van der Waals surface area contributed by atoms with Gasteiger partial charge < -0.3 is 9.47 Å². The highest BCUT2D eigenvalue weighted by Crippen LogP contribution is 2.32. The van der Waals surface area contributed by atoms with Crippen LogP contribution in [0.4, 0.5) is 11.5 Å². The van der Waals surface area contributed by atoms with E-state index in [4.69, 9.17) is 9.47 Å². The third-order valence-corrected chi connectivity index (χ3v) is 6.90. The molecule has 2 aromatic carbocycles. The van der Waals surface area contributed by atoms with E-state index in [1.807, 2.05) is 6.92 Å². The van der Waals surface area contributed by atoms with Gasteiger partial charge in [0.25, 0.3) is 25.9 Å². The number of anilines is 2. The first-order chi connectivity index (χ1) is 14.7. The molecule has 0 saturated heterocycles. The number of methoxy groups -OCH3 is 2. The number of sulfonamides is 2. The van der Waals surface area contributed by atoms with Crippen LogP contribution in [-0.2, 0) is 20.0 Å². The molecule has 0 aliphatic heterocycles. The molecule has 1 aromatic heterocycles. The Kier molecular flexibility index (Phi) is 6.32. The molecule has 0 spiro atoms. The Bertz CT molecular complexity index is 1280. The highest BCUT2D eigenvalue weighted by atomic mass is 32.2. The van der Waals surface area contributed by atoms with Gasteiger partial charge in [-0.25, -0.2) is 21.8 Å². The van der Waals surface area contributed by atoms with Crippen LogP contribution in [0.5, 0.6) is 11.6 Å². The molecule has 3 rings (SSSR count). The van der Waals surface area contributed by atoms with Crippen LogP contribution in [-0.4, -0.2) is 41.0 Å². The molecule has 31 heavy (non-hydrogen) atoms. The van der Waals surface area contributed by atoms with Crippen molar-refractivity contribution in [1.29, 1.82) is 0 Å². The third-order valence-electron chi connectivity index (χ3n) is 4.15. The molecule has 1 heterocycles. The van der Waals surface area contributed by atoms with E-state index in [2.05, 4.69) is 19.4 Å². The maximum absolute atomic E-state index is 12.7. The summed E-state index contributed by atoms with van der Waals surface area (Å²) >= 11 is 0. The average molecular weight is 465 g/mol. The number of nitrogens with zero attached hydrogens (tertiary/aromatic N) is 2. The first-order valence-corrected chi connectivity index (χ1v) is 11.8. The smallest absolute Gasteiger partial charge is 0.263 e. The van der Waals surface area contributed by atoms with Gasteiger partial charge in [-0.15, -0.1) is 0 Å². The van der Waals surface area contributed by atoms with Crippen molar-refractivity contribution in [2.75, 3.05) is 23.7 Å². The number of hydrogen-bond donors (Lipinski definition) is 2. The first kappa shape index (κ1) is 22.3. The van der Waals surface area contributed by atoms with E-state index < -0.39 is 20.0 Å². The SMILES string of the molecule is COc1ncnc(NS(=O)(=O)c2ccc(NS(=O)(=O)c3ccc(C)cc3)cc2)c1OC. The molecule has 3 aromatic rings. The molecule has 10 nitrogen and oxygen atoms in total. The molecule has 0 unspecified atom stereocenters. The Morgan fingerprint density at radius 3 is 1.84 bits per heavy atom. The minimum Gasteiger partial charge on any atom is -0.489 e. The lowest BCUT2D eigenvalue weighted by Crippen LogP contribution is -2.16. The average Bonchev–Trinajstić information content (AvgIpc) is 2.73. The summed E-state index contributed by atoms with van der Waals surface area (Å²) in [5, 5.41) is 0. The lowest BCUT2D eigenvalue weighted by atomic mass is 10.2. The fraction of sp³-hybridized carbons (Fsp3) is 0.158. The van der Waals surface area contributed by atoms with Crippen molar-refractivity contribution in [3.05, 3.63) is 60.4 Å². The van der Waals surface area contributed by atoms with Gasteiger partial charge in [-0.2, -0.15) is 4.98 Å². The van der Waals surface area contributed by atoms with E-state index in [0.29, 0.717) is 0 Å². The molecule has 0 aliphatic rings. The van der Waals surface area contributed by atoms with Gasteiger partial charge in [0, 0.05) is 5.69 Å². The van der Waals surface area contributed by atoms with Gasteiger partial charge in [0.05, 0.1) is 24.0 Å². The Morgan fingerprint density at radius 1 is 0.742 bits per heavy atom. The zero-order valence-electron chi connectivity index (χ0n) is 16.9. The summed E-state index contributed by atoms with van der Waals surface area (Å²) in [6.07, 6.45) is 1.13. The summed E-state index contributed by atoms with van der Waals surface area (Å²) in [5.41, 5.74) is 1.14. The second kappa shape index (κ2) is 8.78. The van der Waals surface area contributed by atoms with Crippen molar-refractivity contribution in [1.82, 2.24) is 9.97 Å². The number of ether oxygens (including phenoxy) is 2. The number of hydrogen-bond acceptors (Lipinski definition) is 8. The van der Waals surface area contributed by atoms with E-state index in [9.17, 15) is 16.8 Å². The molecule has 0 atom stereocenters. The van der Waals surface area contributed by atoms with Crippen LogP contribution >= 0.6 is 0 Å². The van der Waals surface area contributed by atoms with Crippen LogP contribution in [0.3, 0.4) is 0 Å². The predicted octanol–water partition coefficient (Wildman–Crippen LogP) is 2.40. The standard InChI is InChI=1S/C19H20N4O6S2/c1-13-4-8-15(9-5-13)30(24,25)22-14-6-10-16(11-7-14)31(26,27)23-18-17(28-2)19(29-3)21-12-20-18/h4-12,22H,1-3H3,(H,20,21,23). The molecular weight excluding hydrogens is 444 g/mol. The molecular formula is C19H20N4O6S2. The van der Waals surface area contributed by atoms with Gasteiger partial charge in [0.2, 0.25) is 5.75 Å². The van der Waals surface area contributed by atoms with Gasteiger partial charge in [-0.3, -0.25) is 9.44 Å². The number of nitrogens with one attached hydrogen (secondary N) is 2. The summed E-state index contributed by atoms with van der Waals surface area (Å²) in [6.45, 7) is 1.85. The second-order valence-corrected chi connectivity index (χ2v) is 9.68. The van der Waals surface area contributed by atoms with Gasteiger partial charge in [0.1, 0.15) is 6.33 Å². The van der Waals surface area contributed by atoms with Crippen LogP contribution in [0.25, 0.3) is 0 Å². The van der Waals surface area contributed by atoms with E-state index in [0.717, 1.165) is 11.9 Å². The second-order valence-electron chi connectivity index (χ2n) is 6.31. The summed E-state index contributed by atoms with van der Waals surface area (Å²) < 4.78 is 65.3. The number of rotatable bonds is 8. The molecule has 0 aliphatic carbocycles. The van der Waals surface area contributed by atoms with Crippen LogP contribution in [0.1, 0.15) is 5.56 Å². The van der Waals surface area contributed by atoms with Crippen LogP contribution in [0.2, 0.25) is 0 Å². The molecule has 2 N–H and O–H groups in total. The molecule has 0 bridgehead atoms. The van der Waals surface area contributed by atoms with E-state index >= 15 is 0 Å². The normalized spacial score (nSPS) is 11.6. The highest BCUT2D eigenvalue weighted by Gasteiger charge is 2.21. The van der Waals surface area contributed by atoms with Crippen molar-refractivity contribution in [3.63, 3.8) is 0 Å². The van der Waals surface area contributed by atoms with Gasteiger partial charge in [-0.05, 0) is 43.3 Å².